The normalized spacial score (nSPS) is 17.5. The van der Waals surface area contributed by atoms with Crippen molar-refractivity contribution in [2.24, 2.45) is 0 Å². The van der Waals surface area contributed by atoms with Crippen molar-refractivity contribution >= 4 is 5.78 Å². The van der Waals surface area contributed by atoms with Crippen molar-refractivity contribution in [1.29, 1.82) is 0 Å². The molecule has 2 aromatic carbocycles. The lowest BCUT2D eigenvalue weighted by molar-refractivity contribution is 0.0959. The summed E-state index contributed by atoms with van der Waals surface area (Å²) in [5, 5.41) is 0. The van der Waals surface area contributed by atoms with Crippen LogP contribution in [0.5, 0.6) is 0 Å². The van der Waals surface area contributed by atoms with Crippen LogP contribution < -0.4 is 0 Å². The molecule has 0 aromatic heterocycles. The van der Waals surface area contributed by atoms with Crippen molar-refractivity contribution < 1.29 is 4.79 Å². The number of benzene rings is 2. The van der Waals surface area contributed by atoms with Crippen LogP contribution >= 0.6 is 0 Å². The molecule has 2 aromatic rings. The Hall–Kier alpha value is -1.89. The molecule has 1 unspecified atom stereocenters. The summed E-state index contributed by atoms with van der Waals surface area (Å²) in [5.41, 5.74) is 4.69. The zero-order valence-electron chi connectivity index (χ0n) is 10.5. The number of rotatable bonds is 2. The van der Waals surface area contributed by atoms with E-state index in [1.54, 1.807) is 0 Å². The number of fused-ring (bicyclic) bond motifs is 1. The van der Waals surface area contributed by atoms with E-state index in [0.717, 1.165) is 18.4 Å². The summed E-state index contributed by atoms with van der Waals surface area (Å²) in [5.74, 6) is 0.321. The highest BCUT2D eigenvalue weighted by atomic mass is 16.1. The summed E-state index contributed by atoms with van der Waals surface area (Å²) in [6, 6.07) is 16.1. The Morgan fingerprint density at radius 3 is 2.67 bits per heavy atom. The van der Waals surface area contributed by atoms with E-state index in [2.05, 4.69) is 25.1 Å². The third-order valence-corrected chi connectivity index (χ3v) is 3.75. The van der Waals surface area contributed by atoms with Gasteiger partial charge < -0.3 is 0 Å². The SMILES string of the molecule is Cc1ccc2c(c1)CCC2C(=O)c1ccccc1. The molecule has 0 saturated carbocycles. The molecule has 0 amide bonds. The van der Waals surface area contributed by atoms with Gasteiger partial charge >= 0.3 is 0 Å². The number of ketones is 1. The maximum Gasteiger partial charge on any atom is 0.170 e. The summed E-state index contributed by atoms with van der Waals surface area (Å²) < 4.78 is 0. The molecule has 0 saturated heterocycles. The molecule has 0 heterocycles. The molecule has 1 nitrogen and oxygen atoms in total. The van der Waals surface area contributed by atoms with Gasteiger partial charge in [0.15, 0.2) is 5.78 Å². The standard InChI is InChI=1S/C17H16O/c1-12-7-9-15-14(11-12)8-10-16(15)17(18)13-5-3-2-4-6-13/h2-7,9,11,16H,8,10H2,1H3. The predicted molar refractivity (Wildman–Crippen MR) is 73.0 cm³/mol. The Balaban J connectivity index is 1.95. The van der Waals surface area contributed by atoms with E-state index in [1.165, 1.54) is 16.7 Å². The van der Waals surface area contributed by atoms with E-state index < -0.39 is 0 Å². The predicted octanol–water partition coefficient (Wildman–Crippen LogP) is 3.91. The summed E-state index contributed by atoms with van der Waals surface area (Å²) in [7, 11) is 0. The van der Waals surface area contributed by atoms with Crippen molar-refractivity contribution in [3.8, 4) is 0 Å². The molecule has 1 aliphatic rings. The number of Topliss-reactive ketones (excluding diaryl/α,β-unsaturated/α-hetero) is 1. The Morgan fingerprint density at radius 2 is 1.89 bits per heavy atom. The molecule has 1 aliphatic carbocycles. The van der Waals surface area contributed by atoms with Crippen LogP contribution in [0.2, 0.25) is 0 Å². The van der Waals surface area contributed by atoms with Crippen molar-refractivity contribution in [3.63, 3.8) is 0 Å². The third kappa shape index (κ3) is 1.86. The van der Waals surface area contributed by atoms with Crippen molar-refractivity contribution in [3.05, 3.63) is 70.8 Å². The molecule has 1 heteroatoms. The Labute approximate surface area is 107 Å². The van der Waals surface area contributed by atoms with Crippen molar-refractivity contribution in [2.75, 3.05) is 0 Å². The summed E-state index contributed by atoms with van der Waals surface area (Å²) in [4.78, 5) is 12.5. The Morgan fingerprint density at radius 1 is 1.11 bits per heavy atom. The van der Waals surface area contributed by atoms with Crippen LogP contribution in [0.15, 0.2) is 48.5 Å². The fourth-order valence-corrected chi connectivity index (χ4v) is 2.82. The molecule has 0 fully saturated rings. The Kier molecular flexibility index (Phi) is 2.75. The van der Waals surface area contributed by atoms with E-state index >= 15 is 0 Å². The number of carbonyl (C=O) groups is 1. The molecule has 18 heavy (non-hydrogen) atoms. The van der Waals surface area contributed by atoms with Crippen LogP contribution in [0.4, 0.5) is 0 Å². The van der Waals surface area contributed by atoms with E-state index in [4.69, 9.17) is 0 Å². The highest BCUT2D eigenvalue weighted by Crippen LogP contribution is 2.35. The molecule has 0 aliphatic heterocycles. The number of aryl methyl sites for hydroxylation is 2. The van der Waals surface area contributed by atoms with Gasteiger partial charge in [-0.15, -0.1) is 0 Å². The molecule has 0 radical (unpaired) electrons. The lowest BCUT2D eigenvalue weighted by atomic mass is 9.92. The summed E-state index contributed by atoms with van der Waals surface area (Å²) in [6.07, 6.45) is 1.98. The van der Waals surface area contributed by atoms with Gasteiger partial charge in [0.2, 0.25) is 0 Å². The molecule has 1 atom stereocenters. The topological polar surface area (TPSA) is 17.1 Å². The van der Waals surface area contributed by atoms with Gasteiger partial charge in [-0.3, -0.25) is 4.79 Å². The average molecular weight is 236 g/mol. The second kappa shape index (κ2) is 4.41. The fourth-order valence-electron chi connectivity index (χ4n) is 2.82. The van der Waals surface area contributed by atoms with E-state index in [1.807, 2.05) is 30.3 Å². The maximum absolute atomic E-state index is 12.5. The van der Waals surface area contributed by atoms with E-state index in [-0.39, 0.29) is 11.7 Å². The van der Waals surface area contributed by atoms with E-state index in [9.17, 15) is 4.79 Å². The van der Waals surface area contributed by atoms with Crippen LogP contribution in [-0.4, -0.2) is 5.78 Å². The molecule has 90 valence electrons. The quantitative estimate of drug-likeness (QED) is 0.722. The zero-order chi connectivity index (χ0) is 12.5. The molecule has 0 bridgehead atoms. The highest BCUT2D eigenvalue weighted by molar-refractivity contribution is 6.01. The first-order chi connectivity index (χ1) is 8.75. The lowest BCUT2D eigenvalue weighted by Crippen LogP contribution is -2.09. The first-order valence-electron chi connectivity index (χ1n) is 6.44. The van der Waals surface area contributed by atoms with Gasteiger partial charge in [-0.05, 0) is 30.9 Å². The van der Waals surface area contributed by atoms with Crippen molar-refractivity contribution in [2.45, 2.75) is 25.7 Å². The molecule has 3 rings (SSSR count). The minimum absolute atomic E-state index is 0.0583. The molecule has 0 spiro atoms. The van der Waals surface area contributed by atoms with Crippen LogP contribution in [-0.2, 0) is 6.42 Å². The second-order valence-electron chi connectivity index (χ2n) is 5.02. The second-order valence-corrected chi connectivity index (χ2v) is 5.02. The third-order valence-electron chi connectivity index (χ3n) is 3.75. The van der Waals surface area contributed by atoms with E-state index in [0.29, 0.717) is 0 Å². The summed E-state index contributed by atoms with van der Waals surface area (Å²) in [6.45, 7) is 2.10. The average Bonchev–Trinajstić information content (AvgIpc) is 2.81. The van der Waals surface area contributed by atoms with Crippen molar-refractivity contribution in [1.82, 2.24) is 0 Å². The minimum atomic E-state index is 0.0583. The lowest BCUT2D eigenvalue weighted by Gasteiger charge is -2.10. The Bertz CT molecular complexity index is 584. The number of hydrogen-bond acceptors (Lipinski definition) is 1. The number of hydrogen-bond donors (Lipinski definition) is 0. The van der Waals surface area contributed by atoms with Gasteiger partial charge in [0.05, 0.1) is 0 Å². The molecular weight excluding hydrogens is 220 g/mol. The van der Waals surface area contributed by atoms with Gasteiger partial charge in [-0.1, -0.05) is 54.1 Å². The first kappa shape index (κ1) is 11.2. The minimum Gasteiger partial charge on any atom is -0.293 e. The van der Waals surface area contributed by atoms with Gasteiger partial charge in [-0.2, -0.15) is 0 Å². The van der Waals surface area contributed by atoms with Gasteiger partial charge in [0, 0.05) is 11.5 Å². The maximum atomic E-state index is 12.5. The van der Waals surface area contributed by atoms with Crippen LogP contribution in [0.1, 0.15) is 39.4 Å². The monoisotopic (exact) mass is 236 g/mol. The fraction of sp³-hybridized carbons (Fsp3) is 0.235. The van der Waals surface area contributed by atoms with Crippen LogP contribution in [0.25, 0.3) is 0 Å². The largest absolute Gasteiger partial charge is 0.293 e. The summed E-state index contributed by atoms with van der Waals surface area (Å²) >= 11 is 0. The van der Waals surface area contributed by atoms with Gasteiger partial charge in [0.1, 0.15) is 0 Å². The highest BCUT2D eigenvalue weighted by Gasteiger charge is 2.28. The van der Waals surface area contributed by atoms with Crippen LogP contribution in [0, 0.1) is 6.92 Å². The van der Waals surface area contributed by atoms with Gasteiger partial charge in [-0.25, -0.2) is 0 Å². The smallest absolute Gasteiger partial charge is 0.170 e. The van der Waals surface area contributed by atoms with Crippen LogP contribution in [0.3, 0.4) is 0 Å². The number of carbonyl (C=O) groups excluding carboxylic acids is 1. The first-order valence-corrected chi connectivity index (χ1v) is 6.44. The zero-order valence-corrected chi connectivity index (χ0v) is 10.5. The molecular formula is C17H16O. The molecule has 0 N–H and O–H groups in total. The van der Waals surface area contributed by atoms with Gasteiger partial charge in [0.25, 0.3) is 0 Å².